The van der Waals surface area contributed by atoms with Crippen molar-refractivity contribution in [3.63, 3.8) is 0 Å². The number of halogens is 1. The molecular formula is C15H15ClN2O2S. The van der Waals surface area contributed by atoms with Gasteiger partial charge in [0.05, 0.1) is 24.4 Å². The smallest absolute Gasteiger partial charge is 0.139 e. The number of thiocarbonyl (C=S) groups is 1. The molecular weight excluding hydrogens is 308 g/mol. The normalized spacial score (nSPS) is 10.1. The quantitative estimate of drug-likeness (QED) is 0.626. The summed E-state index contributed by atoms with van der Waals surface area (Å²) in [4.78, 5) is 4.32. The molecule has 0 aliphatic rings. The van der Waals surface area contributed by atoms with Crippen LogP contribution in [0.4, 0.5) is 0 Å². The molecule has 0 radical (unpaired) electrons. The molecule has 1 heterocycles. The molecule has 0 amide bonds. The molecule has 6 heteroatoms. The lowest BCUT2D eigenvalue weighted by Gasteiger charge is -2.08. The van der Waals surface area contributed by atoms with Gasteiger partial charge in [-0.15, -0.1) is 0 Å². The van der Waals surface area contributed by atoms with Crippen molar-refractivity contribution >= 4 is 28.8 Å². The van der Waals surface area contributed by atoms with Crippen molar-refractivity contribution in [3.8, 4) is 11.5 Å². The van der Waals surface area contributed by atoms with Crippen molar-refractivity contribution in [2.45, 2.75) is 6.42 Å². The second kappa shape index (κ2) is 7.81. The standard InChI is InChI=1S/C15H15ClN2O2S/c16-12-8-14(10-18-9-12)20-7-1-6-19-13-4-2-11(3-5-13)15(17)21/h2-5,8-10H,1,6-7H2,(H2,17,21). The third-order valence-corrected chi connectivity index (χ3v) is 3.09. The Kier molecular flexibility index (Phi) is 5.78. The predicted molar refractivity (Wildman–Crippen MR) is 87.2 cm³/mol. The van der Waals surface area contributed by atoms with Crippen molar-refractivity contribution < 1.29 is 9.47 Å². The highest BCUT2D eigenvalue weighted by Crippen LogP contribution is 2.15. The third kappa shape index (κ3) is 5.21. The molecule has 0 spiro atoms. The van der Waals surface area contributed by atoms with Crippen LogP contribution in [0.5, 0.6) is 11.5 Å². The van der Waals surface area contributed by atoms with E-state index >= 15 is 0 Å². The number of nitrogens with two attached hydrogens (primary N) is 1. The van der Waals surface area contributed by atoms with Crippen LogP contribution in [-0.2, 0) is 0 Å². The maximum atomic E-state index is 5.81. The van der Waals surface area contributed by atoms with Crippen LogP contribution < -0.4 is 15.2 Å². The van der Waals surface area contributed by atoms with Gasteiger partial charge >= 0.3 is 0 Å². The second-order valence-corrected chi connectivity index (χ2v) is 5.15. The molecule has 0 atom stereocenters. The monoisotopic (exact) mass is 322 g/mol. The summed E-state index contributed by atoms with van der Waals surface area (Å²) >= 11 is 10.7. The predicted octanol–water partition coefficient (Wildman–Crippen LogP) is 3.22. The molecule has 2 N–H and O–H groups in total. The van der Waals surface area contributed by atoms with E-state index in [1.165, 1.54) is 0 Å². The van der Waals surface area contributed by atoms with Crippen molar-refractivity contribution in [2.24, 2.45) is 5.73 Å². The Morgan fingerprint density at radius 2 is 1.76 bits per heavy atom. The lowest BCUT2D eigenvalue weighted by Crippen LogP contribution is -2.09. The fraction of sp³-hybridized carbons (Fsp3) is 0.200. The Bertz CT molecular complexity index is 605. The van der Waals surface area contributed by atoms with Crippen LogP contribution in [0.15, 0.2) is 42.7 Å². The highest BCUT2D eigenvalue weighted by molar-refractivity contribution is 7.80. The minimum Gasteiger partial charge on any atom is -0.493 e. The van der Waals surface area contributed by atoms with E-state index in [-0.39, 0.29) is 0 Å². The molecule has 4 nitrogen and oxygen atoms in total. The van der Waals surface area contributed by atoms with Gasteiger partial charge in [-0.3, -0.25) is 4.98 Å². The topological polar surface area (TPSA) is 57.4 Å². The summed E-state index contributed by atoms with van der Waals surface area (Å²) in [6.45, 7) is 1.09. The lowest BCUT2D eigenvalue weighted by molar-refractivity contribution is 0.247. The highest BCUT2D eigenvalue weighted by Gasteiger charge is 1.99. The molecule has 2 rings (SSSR count). The molecule has 0 saturated carbocycles. The number of hydrogen-bond acceptors (Lipinski definition) is 4. The zero-order valence-electron chi connectivity index (χ0n) is 11.3. The molecule has 0 fully saturated rings. The van der Waals surface area contributed by atoms with E-state index in [1.54, 1.807) is 18.5 Å². The Balaban J connectivity index is 1.69. The maximum absolute atomic E-state index is 5.81. The van der Waals surface area contributed by atoms with Gasteiger partial charge in [0, 0.05) is 24.2 Å². The highest BCUT2D eigenvalue weighted by atomic mass is 35.5. The number of hydrogen-bond donors (Lipinski definition) is 1. The van der Waals surface area contributed by atoms with E-state index < -0.39 is 0 Å². The Morgan fingerprint density at radius 1 is 1.10 bits per heavy atom. The summed E-state index contributed by atoms with van der Waals surface area (Å²) in [5.41, 5.74) is 6.36. The van der Waals surface area contributed by atoms with Gasteiger partial charge in [-0.2, -0.15) is 0 Å². The minimum absolute atomic E-state index is 0.380. The fourth-order valence-corrected chi connectivity index (χ4v) is 1.93. The van der Waals surface area contributed by atoms with Gasteiger partial charge in [-0.1, -0.05) is 23.8 Å². The van der Waals surface area contributed by atoms with E-state index in [9.17, 15) is 0 Å². The van der Waals surface area contributed by atoms with E-state index in [0.717, 1.165) is 17.7 Å². The summed E-state index contributed by atoms with van der Waals surface area (Å²) in [6.07, 6.45) is 3.94. The fourth-order valence-electron chi connectivity index (χ4n) is 1.63. The summed E-state index contributed by atoms with van der Waals surface area (Å²) in [7, 11) is 0. The number of nitrogens with zero attached hydrogens (tertiary/aromatic N) is 1. The van der Waals surface area contributed by atoms with Gasteiger partial charge in [0.15, 0.2) is 0 Å². The van der Waals surface area contributed by atoms with Gasteiger partial charge in [0.2, 0.25) is 0 Å². The summed E-state index contributed by atoms with van der Waals surface area (Å²) < 4.78 is 11.1. The average Bonchev–Trinajstić information content (AvgIpc) is 2.47. The molecule has 0 aliphatic heterocycles. The van der Waals surface area contributed by atoms with Crippen LogP contribution in [0, 0.1) is 0 Å². The molecule has 0 unspecified atom stereocenters. The first-order valence-electron chi connectivity index (χ1n) is 6.41. The van der Waals surface area contributed by atoms with Crippen LogP contribution in [0.3, 0.4) is 0 Å². The zero-order chi connectivity index (χ0) is 15.1. The number of aromatic nitrogens is 1. The number of benzene rings is 1. The van der Waals surface area contributed by atoms with Crippen LogP contribution >= 0.6 is 23.8 Å². The van der Waals surface area contributed by atoms with Crippen molar-refractivity contribution in [2.75, 3.05) is 13.2 Å². The zero-order valence-corrected chi connectivity index (χ0v) is 12.9. The molecule has 21 heavy (non-hydrogen) atoms. The first kappa shape index (κ1) is 15.5. The summed E-state index contributed by atoms with van der Waals surface area (Å²) in [6, 6.07) is 9.09. The molecule has 0 saturated heterocycles. The number of pyridine rings is 1. The second-order valence-electron chi connectivity index (χ2n) is 4.28. The average molecular weight is 323 g/mol. The van der Waals surface area contributed by atoms with Crippen LogP contribution in [-0.4, -0.2) is 23.2 Å². The first-order chi connectivity index (χ1) is 10.1. The SMILES string of the molecule is NC(=S)c1ccc(OCCCOc2cncc(Cl)c2)cc1. The third-order valence-electron chi connectivity index (χ3n) is 2.64. The van der Waals surface area contributed by atoms with Crippen molar-refractivity contribution in [3.05, 3.63) is 53.3 Å². The molecule has 110 valence electrons. The number of ether oxygens (including phenoxy) is 2. The van der Waals surface area contributed by atoms with Crippen LogP contribution in [0.25, 0.3) is 0 Å². The van der Waals surface area contributed by atoms with Gasteiger partial charge in [0.25, 0.3) is 0 Å². The van der Waals surface area contributed by atoms with Crippen molar-refractivity contribution in [1.82, 2.24) is 4.98 Å². The summed E-state index contributed by atoms with van der Waals surface area (Å²) in [5, 5.41) is 0.557. The van der Waals surface area contributed by atoms with Gasteiger partial charge < -0.3 is 15.2 Å². The molecule has 1 aromatic heterocycles. The molecule has 0 aliphatic carbocycles. The molecule has 2 aromatic rings. The number of rotatable bonds is 7. The molecule has 0 bridgehead atoms. The summed E-state index contributed by atoms with van der Waals surface area (Å²) in [5.74, 6) is 1.43. The Labute approximate surface area is 133 Å². The Morgan fingerprint density at radius 3 is 2.38 bits per heavy atom. The van der Waals surface area contributed by atoms with Gasteiger partial charge in [0.1, 0.15) is 16.5 Å². The first-order valence-corrected chi connectivity index (χ1v) is 7.20. The van der Waals surface area contributed by atoms with Gasteiger partial charge in [-0.25, -0.2) is 0 Å². The van der Waals surface area contributed by atoms with Crippen molar-refractivity contribution in [1.29, 1.82) is 0 Å². The van der Waals surface area contributed by atoms with E-state index in [1.807, 2.05) is 24.3 Å². The minimum atomic E-state index is 0.380. The van der Waals surface area contributed by atoms with Gasteiger partial charge in [-0.05, 0) is 24.3 Å². The van der Waals surface area contributed by atoms with E-state index in [4.69, 9.17) is 39.0 Å². The maximum Gasteiger partial charge on any atom is 0.139 e. The van der Waals surface area contributed by atoms with Crippen LogP contribution in [0.1, 0.15) is 12.0 Å². The van der Waals surface area contributed by atoms with E-state index in [0.29, 0.717) is 29.0 Å². The molecule has 1 aromatic carbocycles. The lowest BCUT2D eigenvalue weighted by atomic mass is 10.2. The Hall–Kier alpha value is -1.85. The largest absolute Gasteiger partial charge is 0.493 e. The van der Waals surface area contributed by atoms with E-state index in [2.05, 4.69) is 4.98 Å². The van der Waals surface area contributed by atoms with Crippen LogP contribution in [0.2, 0.25) is 5.02 Å².